The lowest BCUT2D eigenvalue weighted by molar-refractivity contribution is -0.117. The van der Waals surface area contributed by atoms with Gasteiger partial charge in [-0.05, 0) is 49.4 Å². The topological polar surface area (TPSA) is 91.6 Å². The molecule has 0 atom stereocenters. The molecule has 2 aromatic heterocycles. The van der Waals surface area contributed by atoms with E-state index in [0.717, 1.165) is 5.69 Å². The Morgan fingerprint density at radius 2 is 1.74 bits per heavy atom. The molecule has 1 N–H and O–H groups in total. The van der Waals surface area contributed by atoms with Gasteiger partial charge in [0.2, 0.25) is 5.91 Å². The molecule has 1 saturated heterocycles. The van der Waals surface area contributed by atoms with Crippen molar-refractivity contribution in [1.29, 1.82) is 0 Å². The van der Waals surface area contributed by atoms with Crippen molar-refractivity contribution in [3.63, 3.8) is 0 Å². The van der Waals surface area contributed by atoms with Crippen LogP contribution in [0.1, 0.15) is 16.1 Å². The summed E-state index contributed by atoms with van der Waals surface area (Å²) in [5.74, 6) is -0.590. The van der Waals surface area contributed by atoms with Crippen molar-refractivity contribution in [2.45, 2.75) is 6.92 Å². The summed E-state index contributed by atoms with van der Waals surface area (Å²) in [6.45, 7) is 4.15. The number of para-hydroxylation sites is 1. The van der Waals surface area contributed by atoms with Gasteiger partial charge in [-0.15, -0.1) is 0 Å². The van der Waals surface area contributed by atoms with Crippen molar-refractivity contribution in [1.82, 2.24) is 19.9 Å². The molecule has 8 nitrogen and oxygen atoms in total. The molecular formula is C26H24FN5O3. The highest BCUT2D eigenvalue weighted by Crippen LogP contribution is 2.28. The molecule has 3 heterocycles. The number of amides is 2. The number of aryl methyl sites for hydroxylation is 1. The van der Waals surface area contributed by atoms with Crippen LogP contribution >= 0.6 is 0 Å². The number of benzene rings is 2. The van der Waals surface area contributed by atoms with E-state index in [0.29, 0.717) is 54.1 Å². The molecule has 5 rings (SSSR count). The third-order valence-electron chi connectivity index (χ3n) is 6.07. The molecule has 4 aromatic rings. The van der Waals surface area contributed by atoms with Gasteiger partial charge in [-0.3, -0.25) is 14.5 Å². The molecule has 1 aliphatic rings. The van der Waals surface area contributed by atoms with E-state index < -0.39 is 0 Å². The Hall–Kier alpha value is -4.11. The zero-order valence-electron chi connectivity index (χ0n) is 19.2. The number of nitrogens with one attached hydrogen (secondary N) is 1. The fourth-order valence-electron chi connectivity index (χ4n) is 4.24. The maximum absolute atomic E-state index is 13.5. The van der Waals surface area contributed by atoms with Crippen LogP contribution in [0.4, 0.5) is 10.1 Å². The van der Waals surface area contributed by atoms with Crippen LogP contribution in [0.25, 0.3) is 22.4 Å². The van der Waals surface area contributed by atoms with E-state index >= 15 is 0 Å². The van der Waals surface area contributed by atoms with E-state index in [4.69, 9.17) is 4.52 Å². The van der Waals surface area contributed by atoms with Gasteiger partial charge >= 0.3 is 0 Å². The Labute approximate surface area is 201 Å². The third-order valence-corrected chi connectivity index (χ3v) is 6.07. The number of carbonyl (C=O) groups excluding carboxylic acids is 2. The van der Waals surface area contributed by atoms with Crippen LogP contribution in [0.3, 0.4) is 0 Å². The lowest BCUT2D eigenvalue weighted by Crippen LogP contribution is -2.50. The first-order chi connectivity index (χ1) is 17.0. The van der Waals surface area contributed by atoms with Gasteiger partial charge in [0.1, 0.15) is 5.82 Å². The second-order valence-corrected chi connectivity index (χ2v) is 8.49. The van der Waals surface area contributed by atoms with Crippen molar-refractivity contribution in [2.75, 3.05) is 38.0 Å². The smallest absolute Gasteiger partial charge is 0.259 e. The molecule has 1 fully saturated rings. The van der Waals surface area contributed by atoms with Crippen molar-refractivity contribution < 1.29 is 18.5 Å². The van der Waals surface area contributed by atoms with Crippen LogP contribution in [-0.2, 0) is 4.79 Å². The summed E-state index contributed by atoms with van der Waals surface area (Å²) in [5.41, 5.74) is 3.23. The minimum Gasteiger partial charge on any atom is -0.336 e. The van der Waals surface area contributed by atoms with Gasteiger partial charge in [-0.2, -0.15) is 0 Å². The van der Waals surface area contributed by atoms with E-state index in [1.165, 1.54) is 12.1 Å². The van der Waals surface area contributed by atoms with Gasteiger partial charge in [0, 0.05) is 37.4 Å². The van der Waals surface area contributed by atoms with Gasteiger partial charge in [-0.25, -0.2) is 9.37 Å². The van der Waals surface area contributed by atoms with Crippen molar-refractivity contribution >= 4 is 28.6 Å². The Kier molecular flexibility index (Phi) is 6.24. The summed E-state index contributed by atoms with van der Waals surface area (Å²) in [7, 11) is 0. The maximum atomic E-state index is 13.5. The number of pyridine rings is 1. The number of hydrogen-bond acceptors (Lipinski definition) is 6. The number of nitrogens with zero attached hydrogens (tertiary/aromatic N) is 4. The Balaban J connectivity index is 1.30. The fourth-order valence-corrected chi connectivity index (χ4v) is 4.24. The highest BCUT2D eigenvalue weighted by atomic mass is 19.1. The van der Waals surface area contributed by atoms with Crippen LogP contribution in [0, 0.1) is 12.7 Å². The number of rotatable bonds is 5. The summed E-state index contributed by atoms with van der Waals surface area (Å²) < 4.78 is 18.8. The molecule has 0 unspecified atom stereocenters. The highest BCUT2D eigenvalue weighted by Gasteiger charge is 2.27. The second-order valence-electron chi connectivity index (χ2n) is 8.49. The minimum absolute atomic E-state index is 0.0872. The lowest BCUT2D eigenvalue weighted by Gasteiger charge is -2.34. The minimum atomic E-state index is -0.350. The van der Waals surface area contributed by atoms with Crippen molar-refractivity contribution in [3.8, 4) is 11.3 Å². The zero-order valence-corrected chi connectivity index (χ0v) is 19.2. The first kappa shape index (κ1) is 22.7. The van der Waals surface area contributed by atoms with E-state index in [2.05, 4.69) is 15.5 Å². The zero-order chi connectivity index (χ0) is 24.4. The van der Waals surface area contributed by atoms with E-state index in [9.17, 15) is 14.0 Å². The van der Waals surface area contributed by atoms with Crippen LogP contribution in [-0.4, -0.2) is 64.5 Å². The summed E-state index contributed by atoms with van der Waals surface area (Å²) in [6, 6.07) is 17.0. The van der Waals surface area contributed by atoms with Gasteiger partial charge in [0.15, 0.2) is 0 Å². The summed E-state index contributed by atoms with van der Waals surface area (Å²) >= 11 is 0. The van der Waals surface area contributed by atoms with Crippen LogP contribution in [0.15, 0.2) is 65.2 Å². The quantitative estimate of drug-likeness (QED) is 0.475. The molecule has 2 amide bonds. The Morgan fingerprint density at radius 3 is 2.46 bits per heavy atom. The molecule has 9 heteroatoms. The van der Waals surface area contributed by atoms with Gasteiger partial charge in [-0.1, -0.05) is 23.4 Å². The van der Waals surface area contributed by atoms with Gasteiger partial charge < -0.3 is 14.7 Å². The molecule has 0 radical (unpaired) electrons. The molecule has 0 spiro atoms. The number of halogens is 1. The number of hydrogen-bond donors (Lipinski definition) is 1. The monoisotopic (exact) mass is 473 g/mol. The molecule has 178 valence electrons. The molecule has 35 heavy (non-hydrogen) atoms. The SMILES string of the molecule is Cc1noc2nc(-c3ccc(F)cc3)cc(C(=O)N3CCN(CC(=O)Nc4ccccc4)CC3)c12. The number of carbonyl (C=O) groups is 2. The third kappa shape index (κ3) is 4.90. The van der Waals surface area contributed by atoms with Gasteiger partial charge in [0.05, 0.1) is 28.9 Å². The molecule has 1 aliphatic heterocycles. The first-order valence-corrected chi connectivity index (χ1v) is 11.4. The Bertz CT molecular complexity index is 1360. The second kappa shape index (κ2) is 9.63. The molecule has 0 bridgehead atoms. The van der Waals surface area contributed by atoms with Crippen LogP contribution in [0.5, 0.6) is 0 Å². The predicted octanol–water partition coefficient (Wildman–Crippen LogP) is 3.73. The number of anilines is 1. The van der Waals surface area contributed by atoms with Crippen LogP contribution < -0.4 is 5.32 Å². The predicted molar refractivity (Wildman–Crippen MR) is 129 cm³/mol. The summed E-state index contributed by atoms with van der Waals surface area (Å²) in [4.78, 5) is 34.2. The first-order valence-electron chi connectivity index (χ1n) is 11.4. The van der Waals surface area contributed by atoms with Crippen LogP contribution in [0.2, 0.25) is 0 Å². The van der Waals surface area contributed by atoms with Gasteiger partial charge in [0.25, 0.3) is 11.6 Å². The fraction of sp³-hybridized carbons (Fsp3) is 0.231. The van der Waals surface area contributed by atoms with Crippen molar-refractivity contribution in [3.05, 3.63) is 77.7 Å². The van der Waals surface area contributed by atoms with E-state index in [1.807, 2.05) is 35.2 Å². The number of fused-ring (bicyclic) bond motifs is 1. The summed E-state index contributed by atoms with van der Waals surface area (Å²) in [5, 5.41) is 7.45. The standard InChI is InChI=1S/C26H24FN5O3/c1-17-24-21(15-22(29-25(24)35-30-17)18-7-9-19(27)10-8-18)26(34)32-13-11-31(12-14-32)16-23(33)28-20-5-3-2-4-6-20/h2-10,15H,11-14,16H2,1H3,(H,28,33). The highest BCUT2D eigenvalue weighted by molar-refractivity contribution is 6.07. The van der Waals surface area contributed by atoms with E-state index in [1.54, 1.807) is 30.0 Å². The maximum Gasteiger partial charge on any atom is 0.259 e. The average Bonchev–Trinajstić information content (AvgIpc) is 3.25. The summed E-state index contributed by atoms with van der Waals surface area (Å²) in [6.07, 6.45) is 0. The lowest BCUT2D eigenvalue weighted by atomic mass is 10.0. The number of aromatic nitrogens is 2. The van der Waals surface area contributed by atoms with Crippen molar-refractivity contribution in [2.24, 2.45) is 0 Å². The number of piperazine rings is 1. The normalized spacial score (nSPS) is 14.3. The Morgan fingerprint density at radius 1 is 1.03 bits per heavy atom. The molecule has 2 aromatic carbocycles. The largest absolute Gasteiger partial charge is 0.336 e. The molecule has 0 aliphatic carbocycles. The molecular weight excluding hydrogens is 449 g/mol. The molecule has 0 saturated carbocycles. The average molecular weight is 474 g/mol. The van der Waals surface area contributed by atoms with E-state index in [-0.39, 0.29) is 29.9 Å².